The van der Waals surface area contributed by atoms with Crippen LogP contribution in [0.5, 0.6) is 0 Å². The molecule has 124 valence electrons. The molecular formula is C18H19N3O3. The van der Waals surface area contributed by atoms with E-state index in [1.165, 1.54) is 11.1 Å². The molecule has 5 rings (SSSR count). The molecule has 1 saturated carbocycles. The molecule has 3 aliphatic carbocycles. The molecule has 6 nitrogen and oxygen atoms in total. The van der Waals surface area contributed by atoms with Gasteiger partial charge in [0.05, 0.1) is 23.7 Å². The van der Waals surface area contributed by atoms with Crippen LogP contribution in [0.25, 0.3) is 0 Å². The topological polar surface area (TPSA) is 79.4 Å². The molecule has 6 heteroatoms. The quantitative estimate of drug-likeness (QED) is 0.676. The lowest BCUT2D eigenvalue weighted by atomic mass is 9.63. The molecule has 3 amide bonds. The molecule has 0 aromatic carbocycles. The van der Waals surface area contributed by atoms with Crippen molar-refractivity contribution in [1.82, 2.24) is 9.88 Å². The number of fused-ring (bicyclic) bond motifs is 1. The van der Waals surface area contributed by atoms with Gasteiger partial charge in [0.15, 0.2) is 0 Å². The number of carbonyl (C=O) groups is 3. The minimum atomic E-state index is -0.824. The fourth-order valence-corrected chi connectivity index (χ4v) is 4.28. The second-order valence-electron chi connectivity index (χ2n) is 6.79. The predicted molar refractivity (Wildman–Crippen MR) is 86.5 cm³/mol. The molecule has 2 heterocycles. The number of hydrogen-bond donors (Lipinski definition) is 1. The van der Waals surface area contributed by atoms with E-state index in [0.29, 0.717) is 5.69 Å². The zero-order valence-corrected chi connectivity index (χ0v) is 13.4. The molecule has 24 heavy (non-hydrogen) atoms. The normalized spacial score (nSPS) is 32.0. The first kappa shape index (κ1) is 15.1. The number of imide groups is 1. The number of aromatic nitrogens is 1. The summed E-state index contributed by atoms with van der Waals surface area (Å²) < 4.78 is 0. The number of carbonyl (C=O) groups excluding carboxylic acids is 3. The Morgan fingerprint density at radius 2 is 1.83 bits per heavy atom. The van der Waals surface area contributed by atoms with E-state index in [4.69, 9.17) is 0 Å². The van der Waals surface area contributed by atoms with E-state index in [1.807, 2.05) is 0 Å². The van der Waals surface area contributed by atoms with Crippen LogP contribution in [0, 0.1) is 23.7 Å². The molecule has 1 N–H and O–H groups in total. The van der Waals surface area contributed by atoms with Crippen molar-refractivity contribution < 1.29 is 14.4 Å². The van der Waals surface area contributed by atoms with E-state index in [0.717, 1.165) is 12.8 Å². The number of pyridine rings is 1. The first-order chi connectivity index (χ1) is 11.6. The number of hydrogen-bond acceptors (Lipinski definition) is 4. The van der Waals surface area contributed by atoms with Crippen LogP contribution in [0.4, 0.5) is 5.69 Å². The zero-order chi connectivity index (χ0) is 16.8. The Hall–Kier alpha value is -2.50. The highest BCUT2D eigenvalue weighted by Gasteiger charge is 2.58. The first-order valence-corrected chi connectivity index (χ1v) is 8.34. The lowest BCUT2D eigenvalue weighted by molar-refractivity contribution is -0.146. The van der Waals surface area contributed by atoms with Crippen molar-refractivity contribution in [3.8, 4) is 0 Å². The third kappa shape index (κ3) is 2.17. The average Bonchev–Trinajstić information content (AvgIpc) is 2.89. The molecule has 5 atom stereocenters. The van der Waals surface area contributed by atoms with Crippen molar-refractivity contribution in [3.63, 3.8) is 0 Å². The summed E-state index contributed by atoms with van der Waals surface area (Å²) in [7, 11) is 0. The highest BCUT2D eigenvalue weighted by molar-refractivity contribution is 6.10. The monoisotopic (exact) mass is 325 g/mol. The minimum Gasteiger partial charge on any atom is -0.323 e. The molecule has 1 saturated heterocycles. The lowest BCUT2D eigenvalue weighted by Crippen LogP contribution is -2.46. The standard InChI is InChI=1S/C18H19N3O3/c1-10(16(22)20-13-3-2-8-19-9-13)21-17(23)14-11-4-5-12(7-6-11)15(14)18(21)24/h2-5,8-12,14-15H,6-7H2,1H3,(H,20,22)/t10-,11+,12+,14-,15+/m1/s1. The van der Waals surface area contributed by atoms with Crippen molar-refractivity contribution in [2.45, 2.75) is 25.8 Å². The van der Waals surface area contributed by atoms with Crippen molar-refractivity contribution in [2.24, 2.45) is 23.7 Å². The van der Waals surface area contributed by atoms with E-state index in [9.17, 15) is 14.4 Å². The number of amides is 3. The van der Waals surface area contributed by atoms with Gasteiger partial charge in [0.1, 0.15) is 6.04 Å². The predicted octanol–water partition coefficient (Wildman–Crippen LogP) is 1.61. The smallest absolute Gasteiger partial charge is 0.247 e. The van der Waals surface area contributed by atoms with Crippen LogP contribution < -0.4 is 5.32 Å². The van der Waals surface area contributed by atoms with Gasteiger partial charge in [0, 0.05) is 6.20 Å². The Morgan fingerprint density at radius 1 is 1.21 bits per heavy atom. The Morgan fingerprint density at radius 3 is 2.33 bits per heavy atom. The minimum absolute atomic E-state index is 0.134. The van der Waals surface area contributed by atoms with Crippen LogP contribution >= 0.6 is 0 Å². The fourth-order valence-electron chi connectivity index (χ4n) is 4.28. The summed E-state index contributed by atoms with van der Waals surface area (Å²) >= 11 is 0. The van der Waals surface area contributed by atoms with Crippen LogP contribution in [0.3, 0.4) is 0 Å². The summed E-state index contributed by atoms with van der Waals surface area (Å²) in [6, 6.07) is 2.61. The van der Waals surface area contributed by atoms with Crippen LogP contribution in [0.15, 0.2) is 36.7 Å². The van der Waals surface area contributed by atoms with E-state index in [1.54, 1.807) is 25.3 Å². The Labute approximate surface area is 139 Å². The highest BCUT2D eigenvalue weighted by Crippen LogP contribution is 2.49. The number of nitrogens with one attached hydrogen (secondary N) is 1. The Bertz CT molecular complexity index is 698. The number of nitrogens with zero attached hydrogens (tertiary/aromatic N) is 2. The van der Waals surface area contributed by atoms with E-state index in [-0.39, 0.29) is 41.4 Å². The maximum absolute atomic E-state index is 12.8. The zero-order valence-electron chi connectivity index (χ0n) is 13.4. The number of anilines is 1. The van der Waals surface area contributed by atoms with Gasteiger partial charge in [-0.3, -0.25) is 24.3 Å². The van der Waals surface area contributed by atoms with Gasteiger partial charge >= 0.3 is 0 Å². The molecule has 1 aliphatic heterocycles. The SMILES string of the molecule is C[C@H](C(=O)Nc1cccnc1)N1C(=O)[C@@H]2[C@H](C1=O)[C@H]1C=C[C@H]2CC1. The number of rotatable bonds is 3. The van der Waals surface area contributed by atoms with Crippen LogP contribution in [-0.4, -0.2) is 33.6 Å². The lowest BCUT2D eigenvalue weighted by Gasteiger charge is -2.38. The third-order valence-electron chi connectivity index (χ3n) is 5.49. The molecule has 2 bridgehead atoms. The molecule has 4 aliphatic rings. The second kappa shape index (κ2) is 5.54. The largest absolute Gasteiger partial charge is 0.323 e. The molecule has 1 aromatic heterocycles. The van der Waals surface area contributed by atoms with Crippen LogP contribution in [0.1, 0.15) is 19.8 Å². The van der Waals surface area contributed by atoms with Crippen LogP contribution in [0.2, 0.25) is 0 Å². The van der Waals surface area contributed by atoms with Gasteiger partial charge < -0.3 is 5.32 Å². The highest BCUT2D eigenvalue weighted by atomic mass is 16.2. The van der Waals surface area contributed by atoms with Crippen LogP contribution in [-0.2, 0) is 14.4 Å². The summed E-state index contributed by atoms with van der Waals surface area (Å²) in [5.74, 6) is -1.06. The van der Waals surface area contributed by atoms with Gasteiger partial charge in [-0.15, -0.1) is 0 Å². The van der Waals surface area contributed by atoms with Crippen molar-refractivity contribution in [2.75, 3.05) is 5.32 Å². The summed E-state index contributed by atoms with van der Waals surface area (Å²) in [4.78, 5) is 43.2. The van der Waals surface area contributed by atoms with Gasteiger partial charge in [-0.2, -0.15) is 0 Å². The number of allylic oxidation sites excluding steroid dienone is 2. The molecule has 0 spiro atoms. The fraction of sp³-hybridized carbons (Fsp3) is 0.444. The van der Waals surface area contributed by atoms with E-state index >= 15 is 0 Å². The molecule has 0 radical (unpaired) electrons. The first-order valence-electron chi connectivity index (χ1n) is 8.34. The van der Waals surface area contributed by atoms with E-state index in [2.05, 4.69) is 22.5 Å². The Balaban J connectivity index is 1.55. The summed E-state index contributed by atoms with van der Waals surface area (Å²) in [6.45, 7) is 1.61. The molecule has 1 aromatic rings. The molecule has 2 fully saturated rings. The van der Waals surface area contributed by atoms with Gasteiger partial charge in [-0.05, 0) is 43.7 Å². The maximum atomic E-state index is 12.8. The van der Waals surface area contributed by atoms with Crippen molar-refractivity contribution >= 4 is 23.4 Å². The maximum Gasteiger partial charge on any atom is 0.247 e. The van der Waals surface area contributed by atoms with Gasteiger partial charge in [-0.25, -0.2) is 0 Å². The summed E-state index contributed by atoms with van der Waals surface area (Å²) in [5, 5.41) is 2.72. The van der Waals surface area contributed by atoms with Gasteiger partial charge in [-0.1, -0.05) is 12.2 Å². The summed E-state index contributed by atoms with van der Waals surface area (Å²) in [5.41, 5.74) is 0.549. The van der Waals surface area contributed by atoms with Crippen molar-refractivity contribution in [1.29, 1.82) is 0 Å². The van der Waals surface area contributed by atoms with Crippen molar-refractivity contribution in [3.05, 3.63) is 36.7 Å². The molecule has 0 unspecified atom stereocenters. The third-order valence-corrected chi connectivity index (χ3v) is 5.49. The van der Waals surface area contributed by atoms with Gasteiger partial charge in [0.2, 0.25) is 17.7 Å². The molecular weight excluding hydrogens is 306 g/mol. The summed E-state index contributed by atoms with van der Waals surface area (Å²) in [6.07, 6.45) is 9.19. The van der Waals surface area contributed by atoms with E-state index < -0.39 is 6.04 Å². The van der Waals surface area contributed by atoms with Gasteiger partial charge in [0.25, 0.3) is 0 Å². The average molecular weight is 325 g/mol. The Kier molecular flexibility index (Phi) is 3.48. The number of likely N-dealkylation sites (tertiary alicyclic amines) is 1. The second-order valence-corrected chi connectivity index (χ2v) is 6.79.